The number of aliphatic hydroxyl groups excluding tert-OH is 1. The number of benzene rings is 2. The zero-order chi connectivity index (χ0) is 23.0. The van der Waals surface area contributed by atoms with Crippen LogP contribution >= 0.6 is 0 Å². The minimum atomic E-state index is -1.22. The third kappa shape index (κ3) is 5.45. The zero-order valence-corrected chi connectivity index (χ0v) is 18.3. The predicted octanol–water partition coefficient (Wildman–Crippen LogP) is 3.62. The number of rotatable bonds is 9. The van der Waals surface area contributed by atoms with Crippen LogP contribution in [0.4, 0.5) is 5.69 Å². The molecule has 2 aromatic rings. The number of aliphatic hydroxyl groups is 1. The number of ether oxygens (including phenoxy) is 4. The number of allylic oxidation sites excluding steroid dienone is 3. The van der Waals surface area contributed by atoms with E-state index in [1.165, 1.54) is 20.3 Å². The van der Waals surface area contributed by atoms with Crippen molar-refractivity contribution in [2.24, 2.45) is 0 Å². The monoisotopic (exact) mass is 437 g/mol. The molecule has 1 amide bonds. The molecule has 3 rings (SSSR count). The summed E-state index contributed by atoms with van der Waals surface area (Å²) < 4.78 is 21.7. The molecule has 2 aromatic carbocycles. The van der Waals surface area contributed by atoms with E-state index in [0.29, 0.717) is 22.8 Å². The van der Waals surface area contributed by atoms with Crippen LogP contribution in [0, 0.1) is 0 Å². The Morgan fingerprint density at radius 2 is 1.75 bits per heavy atom. The summed E-state index contributed by atoms with van der Waals surface area (Å²) in [5.74, 6) is -0.276. The summed E-state index contributed by atoms with van der Waals surface area (Å²) in [4.78, 5) is 12.5. The number of carbonyl (C=O) groups is 1. The molecule has 7 nitrogen and oxygen atoms in total. The maximum Gasteiger partial charge on any atom is 0.248 e. The number of methoxy groups -OCH3 is 3. The molecular formula is C25H27NO6. The number of hydrogen-bond donors (Lipinski definition) is 2. The SMILES string of the molecule is COc1ccccc1OCc1ccccc1NC(=O)/C=C/C1=CC(O)C(OC)(OC)C=C1. The first kappa shape index (κ1) is 23.3. The molecule has 7 heteroatoms. The lowest BCUT2D eigenvalue weighted by Gasteiger charge is -2.33. The topological polar surface area (TPSA) is 86.3 Å². The predicted molar refractivity (Wildman–Crippen MR) is 122 cm³/mol. The van der Waals surface area contributed by atoms with Crippen molar-refractivity contribution in [3.05, 3.63) is 90.0 Å². The lowest BCUT2D eigenvalue weighted by molar-refractivity contribution is -0.214. The Kier molecular flexibility index (Phi) is 7.83. The molecule has 32 heavy (non-hydrogen) atoms. The molecule has 1 aliphatic rings. The Balaban J connectivity index is 1.64. The minimum absolute atomic E-state index is 0.261. The van der Waals surface area contributed by atoms with Gasteiger partial charge in [-0.25, -0.2) is 0 Å². The second kappa shape index (κ2) is 10.8. The van der Waals surface area contributed by atoms with Gasteiger partial charge in [0.2, 0.25) is 11.7 Å². The molecule has 1 unspecified atom stereocenters. The van der Waals surface area contributed by atoms with Crippen LogP contribution in [0.25, 0.3) is 0 Å². The standard InChI is InChI=1S/C25H27NO6/c1-29-21-10-6-7-11-22(21)32-17-19-8-4-5-9-20(19)26-24(28)13-12-18-14-15-25(30-2,31-3)23(27)16-18/h4-16,23,27H,17H2,1-3H3,(H,26,28)/b13-12+. The highest BCUT2D eigenvalue weighted by Gasteiger charge is 2.36. The average molecular weight is 437 g/mol. The highest BCUT2D eigenvalue weighted by atomic mass is 16.7. The Morgan fingerprint density at radius 3 is 2.44 bits per heavy atom. The lowest BCUT2D eigenvalue weighted by Crippen LogP contribution is -2.44. The number of carbonyl (C=O) groups excluding carboxylic acids is 1. The first-order valence-electron chi connectivity index (χ1n) is 10.0. The molecule has 0 spiro atoms. The van der Waals surface area contributed by atoms with Crippen molar-refractivity contribution < 1.29 is 28.8 Å². The Labute approximate surface area is 187 Å². The summed E-state index contributed by atoms with van der Waals surface area (Å²) in [7, 11) is 4.49. The molecule has 168 valence electrons. The summed E-state index contributed by atoms with van der Waals surface area (Å²) in [6.45, 7) is 0.261. The Morgan fingerprint density at radius 1 is 1.06 bits per heavy atom. The van der Waals surface area contributed by atoms with Gasteiger partial charge in [-0.15, -0.1) is 0 Å². The number of para-hydroxylation sites is 3. The molecule has 1 aliphatic carbocycles. The van der Waals surface area contributed by atoms with Crippen LogP contribution < -0.4 is 14.8 Å². The molecule has 2 N–H and O–H groups in total. The van der Waals surface area contributed by atoms with E-state index in [1.54, 1.807) is 31.4 Å². The fourth-order valence-electron chi connectivity index (χ4n) is 3.24. The van der Waals surface area contributed by atoms with Gasteiger partial charge >= 0.3 is 0 Å². The van der Waals surface area contributed by atoms with Crippen molar-refractivity contribution in [1.82, 2.24) is 0 Å². The third-order valence-corrected chi connectivity index (χ3v) is 5.06. The van der Waals surface area contributed by atoms with Gasteiger partial charge in [0.15, 0.2) is 11.5 Å². The molecular weight excluding hydrogens is 410 g/mol. The molecule has 0 saturated carbocycles. The van der Waals surface area contributed by atoms with Crippen molar-refractivity contribution in [2.45, 2.75) is 18.5 Å². The van der Waals surface area contributed by atoms with Crippen LogP contribution in [0.2, 0.25) is 0 Å². The first-order valence-corrected chi connectivity index (χ1v) is 10.0. The summed E-state index contributed by atoms with van der Waals surface area (Å²) in [5, 5.41) is 13.1. The fourth-order valence-corrected chi connectivity index (χ4v) is 3.24. The van der Waals surface area contributed by atoms with Crippen molar-refractivity contribution in [2.75, 3.05) is 26.6 Å². The molecule has 0 aromatic heterocycles. The van der Waals surface area contributed by atoms with Crippen molar-refractivity contribution >= 4 is 11.6 Å². The summed E-state index contributed by atoms with van der Waals surface area (Å²) >= 11 is 0. The quantitative estimate of drug-likeness (QED) is 0.460. The molecule has 0 bridgehead atoms. The van der Waals surface area contributed by atoms with Crippen molar-refractivity contribution in [3.8, 4) is 11.5 Å². The van der Waals surface area contributed by atoms with Crippen LogP contribution in [0.15, 0.2) is 84.5 Å². The average Bonchev–Trinajstić information content (AvgIpc) is 2.83. The minimum Gasteiger partial charge on any atom is -0.493 e. The molecule has 1 atom stereocenters. The molecule has 0 saturated heterocycles. The van der Waals surface area contributed by atoms with Gasteiger partial charge in [0.25, 0.3) is 0 Å². The third-order valence-electron chi connectivity index (χ3n) is 5.06. The summed E-state index contributed by atoms with van der Waals surface area (Å²) in [5.41, 5.74) is 2.12. The van der Waals surface area contributed by atoms with Gasteiger partial charge in [-0.3, -0.25) is 4.79 Å². The summed E-state index contributed by atoms with van der Waals surface area (Å²) in [6.07, 6.45) is 6.90. The van der Waals surface area contributed by atoms with E-state index in [0.717, 1.165) is 5.56 Å². The van der Waals surface area contributed by atoms with E-state index in [1.807, 2.05) is 48.5 Å². The van der Waals surface area contributed by atoms with E-state index < -0.39 is 11.9 Å². The van der Waals surface area contributed by atoms with Gasteiger partial charge in [0, 0.05) is 31.5 Å². The fraction of sp³-hybridized carbons (Fsp3) is 0.240. The second-order valence-corrected chi connectivity index (χ2v) is 6.99. The maximum absolute atomic E-state index is 12.5. The molecule has 0 fully saturated rings. The number of anilines is 1. The van der Waals surface area contributed by atoms with Crippen LogP contribution in [0.5, 0.6) is 11.5 Å². The Hall–Kier alpha value is -3.39. The van der Waals surface area contributed by atoms with Gasteiger partial charge in [0.05, 0.1) is 7.11 Å². The van der Waals surface area contributed by atoms with Gasteiger partial charge in [0.1, 0.15) is 12.7 Å². The van der Waals surface area contributed by atoms with Crippen LogP contribution in [0.3, 0.4) is 0 Å². The van der Waals surface area contributed by atoms with E-state index >= 15 is 0 Å². The van der Waals surface area contributed by atoms with Crippen LogP contribution in [-0.4, -0.2) is 44.2 Å². The van der Waals surface area contributed by atoms with Crippen LogP contribution in [-0.2, 0) is 20.9 Å². The highest BCUT2D eigenvalue weighted by Crippen LogP contribution is 2.28. The van der Waals surface area contributed by atoms with E-state index in [4.69, 9.17) is 18.9 Å². The van der Waals surface area contributed by atoms with Crippen molar-refractivity contribution in [1.29, 1.82) is 0 Å². The normalized spacial score (nSPS) is 17.1. The van der Waals surface area contributed by atoms with Gasteiger partial charge in [-0.2, -0.15) is 0 Å². The van der Waals surface area contributed by atoms with Gasteiger partial charge < -0.3 is 29.4 Å². The number of amides is 1. The van der Waals surface area contributed by atoms with Gasteiger partial charge in [-0.05, 0) is 42.0 Å². The van der Waals surface area contributed by atoms with E-state index in [2.05, 4.69) is 5.32 Å². The number of nitrogens with one attached hydrogen (secondary N) is 1. The van der Waals surface area contributed by atoms with Crippen LogP contribution in [0.1, 0.15) is 5.56 Å². The largest absolute Gasteiger partial charge is 0.493 e. The van der Waals surface area contributed by atoms with Crippen molar-refractivity contribution in [3.63, 3.8) is 0 Å². The second-order valence-electron chi connectivity index (χ2n) is 6.99. The molecule has 0 aliphatic heterocycles. The van der Waals surface area contributed by atoms with E-state index in [-0.39, 0.29) is 12.5 Å². The first-order chi connectivity index (χ1) is 15.5. The van der Waals surface area contributed by atoms with E-state index in [9.17, 15) is 9.90 Å². The summed E-state index contributed by atoms with van der Waals surface area (Å²) in [6, 6.07) is 14.8. The highest BCUT2D eigenvalue weighted by molar-refractivity contribution is 6.00. The molecule has 0 radical (unpaired) electrons. The van der Waals surface area contributed by atoms with Gasteiger partial charge in [-0.1, -0.05) is 36.4 Å². The molecule has 0 heterocycles. The Bertz CT molecular complexity index is 1020. The number of hydrogen-bond acceptors (Lipinski definition) is 6. The zero-order valence-electron chi connectivity index (χ0n) is 18.3. The maximum atomic E-state index is 12.5. The smallest absolute Gasteiger partial charge is 0.248 e. The lowest BCUT2D eigenvalue weighted by atomic mass is 9.98.